The molecule has 0 amide bonds. The zero-order valence-electron chi connectivity index (χ0n) is 14.8. The molecule has 1 aliphatic heterocycles. The first-order valence-electron chi connectivity index (χ1n) is 8.58. The molecule has 0 saturated heterocycles. The van der Waals surface area contributed by atoms with Crippen LogP contribution in [0.4, 0.5) is 0 Å². The van der Waals surface area contributed by atoms with Gasteiger partial charge in [0.2, 0.25) is 0 Å². The van der Waals surface area contributed by atoms with E-state index in [2.05, 4.69) is 0 Å². The topological polar surface area (TPSA) is 39.1 Å². The van der Waals surface area contributed by atoms with Crippen LogP contribution >= 0.6 is 11.8 Å². The number of hydrogen-bond acceptors (Lipinski definition) is 3. The van der Waals surface area contributed by atoms with E-state index >= 15 is 0 Å². The maximum Gasteiger partial charge on any atom is 0.199 e. The molecule has 3 nitrogen and oxygen atoms in total. The van der Waals surface area contributed by atoms with Gasteiger partial charge in [0.1, 0.15) is 0 Å². The summed E-state index contributed by atoms with van der Waals surface area (Å²) in [6, 6.07) is 18.3. The number of ketones is 2. The van der Waals surface area contributed by atoms with E-state index in [1.54, 1.807) is 24.3 Å². The van der Waals surface area contributed by atoms with Crippen molar-refractivity contribution in [3.8, 4) is 0 Å². The second-order valence-corrected chi connectivity index (χ2v) is 7.43. The van der Waals surface area contributed by atoms with Crippen molar-refractivity contribution in [2.24, 2.45) is 7.05 Å². The van der Waals surface area contributed by atoms with E-state index in [0.29, 0.717) is 20.9 Å². The molecular formula is C23H17NO2S. The van der Waals surface area contributed by atoms with Crippen LogP contribution in [0.3, 0.4) is 0 Å². The smallest absolute Gasteiger partial charge is 0.199 e. The monoisotopic (exact) mass is 371 g/mol. The highest BCUT2D eigenvalue weighted by molar-refractivity contribution is 8.08. The quantitative estimate of drug-likeness (QED) is 0.590. The summed E-state index contributed by atoms with van der Waals surface area (Å²) in [5, 5.41) is 0. The molecule has 2 aromatic carbocycles. The standard InChI is InChI=1S/C23H17NO2S/c1-24-14-18-12-20(22(25)16-8-4-2-5-9-16)27-21(13-19(18)15-24)23(26)17-10-6-3-7-11-17/h2-15H,1H3. The lowest BCUT2D eigenvalue weighted by atomic mass is 10.1. The summed E-state index contributed by atoms with van der Waals surface area (Å²) in [6.07, 6.45) is 7.66. The minimum atomic E-state index is -0.0796. The molecule has 4 rings (SSSR count). The average Bonchev–Trinajstić information content (AvgIpc) is 2.95. The Morgan fingerprint density at radius 3 is 1.52 bits per heavy atom. The van der Waals surface area contributed by atoms with Crippen molar-refractivity contribution in [3.63, 3.8) is 0 Å². The molecule has 0 fully saturated rings. The summed E-state index contributed by atoms with van der Waals surface area (Å²) < 4.78 is 1.93. The van der Waals surface area contributed by atoms with Gasteiger partial charge >= 0.3 is 0 Å². The largest absolute Gasteiger partial charge is 0.356 e. The number of aryl methyl sites for hydroxylation is 1. The highest BCUT2D eigenvalue weighted by Crippen LogP contribution is 2.37. The molecule has 1 aromatic heterocycles. The lowest BCUT2D eigenvalue weighted by molar-refractivity contribution is 0.103. The van der Waals surface area contributed by atoms with Gasteiger partial charge in [-0.15, -0.1) is 0 Å². The summed E-state index contributed by atoms with van der Waals surface area (Å²) in [7, 11) is 1.93. The number of allylic oxidation sites excluding steroid dienone is 2. The third-order valence-electron chi connectivity index (χ3n) is 4.33. The van der Waals surface area contributed by atoms with Crippen LogP contribution in [-0.4, -0.2) is 16.1 Å². The van der Waals surface area contributed by atoms with Gasteiger partial charge in [0.15, 0.2) is 11.6 Å². The first-order valence-corrected chi connectivity index (χ1v) is 9.40. The molecule has 0 N–H and O–H groups in total. The van der Waals surface area contributed by atoms with Crippen LogP contribution in [-0.2, 0) is 7.05 Å². The van der Waals surface area contributed by atoms with Gasteiger partial charge in [0, 0.05) is 41.7 Å². The first kappa shape index (κ1) is 17.3. The van der Waals surface area contributed by atoms with E-state index in [-0.39, 0.29) is 11.6 Å². The summed E-state index contributed by atoms with van der Waals surface area (Å²) in [5.41, 5.74) is 3.09. The Morgan fingerprint density at radius 2 is 1.11 bits per heavy atom. The van der Waals surface area contributed by atoms with E-state index in [9.17, 15) is 9.59 Å². The lowest BCUT2D eigenvalue weighted by Gasteiger charge is -2.08. The van der Waals surface area contributed by atoms with E-state index in [4.69, 9.17) is 0 Å². The summed E-state index contributed by atoms with van der Waals surface area (Å²) in [4.78, 5) is 27.2. The second kappa shape index (κ2) is 7.25. The number of rotatable bonds is 4. The van der Waals surface area contributed by atoms with E-state index in [0.717, 1.165) is 11.1 Å². The molecule has 0 saturated carbocycles. The number of aromatic nitrogens is 1. The zero-order valence-corrected chi connectivity index (χ0v) is 15.6. The Hall–Kier alpha value is -3.11. The minimum Gasteiger partial charge on any atom is -0.356 e. The van der Waals surface area contributed by atoms with Crippen LogP contribution in [0, 0.1) is 0 Å². The van der Waals surface area contributed by atoms with Crippen molar-refractivity contribution in [2.45, 2.75) is 0 Å². The third kappa shape index (κ3) is 3.57. The van der Waals surface area contributed by atoms with Gasteiger partial charge in [-0.2, -0.15) is 0 Å². The fourth-order valence-corrected chi connectivity index (χ4v) is 4.04. The van der Waals surface area contributed by atoms with E-state index < -0.39 is 0 Å². The minimum absolute atomic E-state index is 0.0796. The number of thioether (sulfide) groups is 1. The Kier molecular flexibility index (Phi) is 4.65. The molecule has 0 aliphatic carbocycles. The van der Waals surface area contributed by atoms with Crippen molar-refractivity contribution in [3.05, 3.63) is 105 Å². The van der Waals surface area contributed by atoms with Crippen molar-refractivity contribution in [1.29, 1.82) is 0 Å². The Morgan fingerprint density at radius 1 is 0.704 bits per heavy atom. The van der Waals surface area contributed by atoms with Gasteiger partial charge < -0.3 is 4.57 Å². The van der Waals surface area contributed by atoms with Gasteiger partial charge in [-0.1, -0.05) is 72.4 Å². The molecule has 3 aromatic rings. The Labute approximate surface area is 162 Å². The van der Waals surface area contributed by atoms with Crippen LogP contribution in [0.5, 0.6) is 0 Å². The number of nitrogens with zero attached hydrogens (tertiary/aromatic N) is 1. The van der Waals surface area contributed by atoms with Gasteiger partial charge in [-0.25, -0.2) is 0 Å². The molecule has 0 bridgehead atoms. The number of hydrogen-bond donors (Lipinski definition) is 0. The third-order valence-corrected chi connectivity index (χ3v) is 5.38. The molecule has 1 aliphatic rings. The van der Waals surface area contributed by atoms with Crippen molar-refractivity contribution < 1.29 is 9.59 Å². The predicted molar refractivity (Wildman–Crippen MR) is 111 cm³/mol. The molecule has 0 spiro atoms. The summed E-state index contributed by atoms with van der Waals surface area (Å²) in [5.74, 6) is -0.159. The lowest BCUT2D eigenvalue weighted by Crippen LogP contribution is -2.04. The molecule has 4 heteroatoms. The second-order valence-electron chi connectivity index (χ2n) is 6.34. The maximum absolute atomic E-state index is 13.0. The molecule has 0 unspecified atom stereocenters. The average molecular weight is 371 g/mol. The number of carbonyl (C=O) groups is 2. The van der Waals surface area contributed by atoms with Gasteiger partial charge in [-0.05, 0) is 12.2 Å². The molecular weight excluding hydrogens is 354 g/mol. The van der Waals surface area contributed by atoms with Gasteiger partial charge in [0.25, 0.3) is 0 Å². The fourth-order valence-electron chi connectivity index (χ4n) is 3.01. The molecule has 27 heavy (non-hydrogen) atoms. The molecule has 0 radical (unpaired) electrons. The van der Waals surface area contributed by atoms with Gasteiger partial charge in [0.05, 0.1) is 9.81 Å². The molecule has 2 heterocycles. The fraction of sp³-hybridized carbons (Fsp3) is 0.0435. The number of Topliss-reactive ketones (excluding diaryl/α,β-unsaturated/α-hetero) is 2. The van der Waals surface area contributed by atoms with Crippen LogP contribution in [0.2, 0.25) is 0 Å². The van der Waals surface area contributed by atoms with Crippen molar-refractivity contribution >= 4 is 35.5 Å². The number of carbonyl (C=O) groups excluding carboxylic acids is 2. The van der Waals surface area contributed by atoms with Crippen LogP contribution in [0.1, 0.15) is 31.8 Å². The van der Waals surface area contributed by atoms with Crippen molar-refractivity contribution in [2.75, 3.05) is 0 Å². The number of benzene rings is 2. The van der Waals surface area contributed by atoms with Crippen molar-refractivity contribution in [1.82, 2.24) is 4.57 Å². The Balaban J connectivity index is 1.78. The van der Waals surface area contributed by atoms with E-state index in [1.165, 1.54) is 11.8 Å². The highest BCUT2D eigenvalue weighted by Gasteiger charge is 2.23. The highest BCUT2D eigenvalue weighted by atomic mass is 32.2. The van der Waals surface area contributed by atoms with Crippen LogP contribution < -0.4 is 0 Å². The molecule has 0 atom stereocenters. The SMILES string of the molecule is Cn1cc2c(c1)C=C(C(=O)c1ccccc1)SC(C(=O)c1ccccc1)=C2. The number of fused-ring (bicyclic) bond motifs is 1. The summed E-state index contributed by atoms with van der Waals surface area (Å²) >= 11 is 1.24. The zero-order chi connectivity index (χ0) is 18.8. The van der Waals surface area contributed by atoms with E-state index in [1.807, 2.05) is 72.6 Å². The maximum atomic E-state index is 13.0. The predicted octanol–water partition coefficient (Wildman–Crippen LogP) is 5.22. The summed E-state index contributed by atoms with van der Waals surface area (Å²) in [6.45, 7) is 0. The normalized spacial score (nSPS) is 13.2. The van der Waals surface area contributed by atoms with Gasteiger partial charge in [-0.3, -0.25) is 9.59 Å². The molecule has 132 valence electrons. The van der Waals surface area contributed by atoms with Crippen LogP contribution in [0.15, 0.2) is 82.9 Å². The Bertz CT molecular complexity index is 991. The first-order chi connectivity index (χ1) is 13.1. The van der Waals surface area contributed by atoms with Crippen LogP contribution in [0.25, 0.3) is 12.2 Å².